The molecule has 0 aromatic heterocycles. The van der Waals surface area contributed by atoms with E-state index >= 15 is 0 Å². The number of hydrogen-bond donors (Lipinski definition) is 0. The molecule has 1 aliphatic rings. The van der Waals surface area contributed by atoms with Crippen molar-refractivity contribution in [3.63, 3.8) is 0 Å². The Morgan fingerprint density at radius 3 is 1.29 bits per heavy atom. The zero-order chi connectivity index (χ0) is 42.7. The van der Waals surface area contributed by atoms with Crippen molar-refractivity contribution < 1.29 is 24.2 Å². The first-order chi connectivity index (χ1) is 28.9. The van der Waals surface area contributed by atoms with Crippen LogP contribution in [-0.2, 0) is 60.7 Å². The van der Waals surface area contributed by atoms with E-state index in [1.165, 1.54) is 77.2 Å². The molecule has 7 aromatic rings. The van der Waals surface area contributed by atoms with Crippen molar-refractivity contribution in [3.05, 3.63) is 197 Å². The summed E-state index contributed by atoms with van der Waals surface area (Å²) in [5, 5.41) is 5.45. The van der Waals surface area contributed by atoms with E-state index in [1.54, 1.807) is 27.4 Å². The molecule has 0 nitrogen and oxygen atoms in total. The molecule has 0 fully saturated rings. The fraction of sp³-hybridized carbons (Fsp3) is 0.288. The van der Waals surface area contributed by atoms with Gasteiger partial charge in [-0.15, -0.1) is 71.0 Å². The summed E-state index contributed by atoms with van der Waals surface area (Å²) in [5.41, 5.74) is 14.2. The van der Waals surface area contributed by atoms with E-state index in [-0.39, 0.29) is 35.6 Å². The molecule has 0 bridgehead atoms. The molecule has 0 heterocycles. The summed E-state index contributed by atoms with van der Waals surface area (Å²) in [6.07, 6.45) is 16.8. The third kappa shape index (κ3) is 13.3. The van der Waals surface area contributed by atoms with E-state index in [9.17, 15) is 0 Å². The Kier molecular flexibility index (Phi) is 19.3. The number of aryl methyl sites for hydroxylation is 2. The van der Waals surface area contributed by atoms with Crippen LogP contribution in [0.3, 0.4) is 0 Å². The van der Waals surface area contributed by atoms with E-state index in [0.717, 1.165) is 44.9 Å². The van der Waals surface area contributed by atoms with Crippen LogP contribution in [0.25, 0.3) is 43.8 Å². The molecule has 1 aliphatic carbocycles. The molecule has 0 N–H and O–H groups in total. The van der Waals surface area contributed by atoms with Crippen LogP contribution in [0.1, 0.15) is 108 Å². The van der Waals surface area contributed by atoms with Gasteiger partial charge in [0.15, 0.2) is 0 Å². The van der Waals surface area contributed by atoms with Crippen molar-refractivity contribution >= 4 is 49.6 Å². The standard InChI is InChI=1S/C39H45.C15H14.C5H5.2ClH.Zr/c1-9-15-26-17-11-13-19-30(26)34-22-28-21-29-23-35(31-20-14-12-18-27(31)16-10-2)37(39(6,7)8)25-33(29)32(28)24-36(34)38(3,4)5;1-3-8-14(9-4-1)12-7-13-15-10-5-2-6-11-15;1-2-4-5-3-1;;;/h11-14,17-25H,9-10,15-16H2,1-8H3;1-6,8-11H,12-13H2;1-3H,4H2;2*1H;/q-1;;-1;;;+2. The Balaban J connectivity index is 0.000000302. The van der Waals surface area contributed by atoms with Gasteiger partial charge in [-0.1, -0.05) is 129 Å². The number of fused-ring (bicyclic) bond motifs is 3. The van der Waals surface area contributed by atoms with Crippen LogP contribution in [0, 0.1) is 6.08 Å². The third-order valence-corrected chi connectivity index (χ3v) is 12.2. The van der Waals surface area contributed by atoms with Crippen molar-refractivity contribution in [2.75, 3.05) is 0 Å². The number of benzene rings is 6. The topological polar surface area (TPSA) is 0 Å². The average molecular weight is 937 g/mol. The van der Waals surface area contributed by atoms with Crippen molar-refractivity contribution in [1.29, 1.82) is 0 Å². The number of allylic oxidation sites excluding steroid dienone is 4. The Bertz CT molecular complexity index is 2380. The summed E-state index contributed by atoms with van der Waals surface area (Å²) in [5.74, 6) is 0. The van der Waals surface area contributed by atoms with Crippen molar-refractivity contribution in [3.8, 4) is 22.3 Å². The summed E-state index contributed by atoms with van der Waals surface area (Å²) in [7, 11) is 0. The van der Waals surface area contributed by atoms with Gasteiger partial charge in [-0.25, -0.2) is 12.2 Å². The Hall–Kier alpha value is -4.00. The van der Waals surface area contributed by atoms with Crippen LogP contribution in [0.2, 0.25) is 0 Å². The molecule has 7 aromatic carbocycles. The van der Waals surface area contributed by atoms with Crippen LogP contribution < -0.4 is 0 Å². The van der Waals surface area contributed by atoms with E-state index < -0.39 is 0 Å². The Morgan fingerprint density at radius 2 is 0.952 bits per heavy atom. The van der Waals surface area contributed by atoms with Gasteiger partial charge >= 0.3 is 112 Å². The van der Waals surface area contributed by atoms with Gasteiger partial charge in [0.05, 0.1) is 0 Å². The van der Waals surface area contributed by atoms with Gasteiger partial charge in [0.2, 0.25) is 0 Å². The predicted octanol–water partition coefficient (Wildman–Crippen LogP) is 16.9. The van der Waals surface area contributed by atoms with E-state index in [0.29, 0.717) is 0 Å². The molecule has 0 spiro atoms. The maximum absolute atomic E-state index is 2.99. The molecule has 0 amide bonds. The summed E-state index contributed by atoms with van der Waals surface area (Å²) < 4.78 is 1.60. The SMILES string of the molecule is CCCc1ccccc1-c1cc2[cH-]c3cc(-c4ccccc4CCC)c(C(C)(C)C)cc3c2cc1C(C)(C)C.Cl.Cl.[C-]1=CC=CC1.[Zr+2]=[C](Cc1ccccc1)Cc1ccccc1. The molecule has 0 unspecified atom stereocenters. The second-order valence-electron chi connectivity index (χ2n) is 18.4. The minimum absolute atomic E-state index is 0. The Morgan fingerprint density at radius 1 is 0.548 bits per heavy atom. The summed E-state index contributed by atoms with van der Waals surface area (Å²) >= 11 is 1.55. The van der Waals surface area contributed by atoms with Crippen LogP contribution in [0.15, 0.2) is 158 Å². The van der Waals surface area contributed by atoms with E-state index in [2.05, 4.69) is 207 Å². The number of rotatable bonds is 10. The van der Waals surface area contributed by atoms with Crippen molar-refractivity contribution in [1.82, 2.24) is 0 Å². The molecule has 320 valence electrons. The van der Waals surface area contributed by atoms with E-state index in [1.807, 2.05) is 12.2 Å². The fourth-order valence-corrected chi connectivity index (χ4v) is 9.42. The van der Waals surface area contributed by atoms with Gasteiger partial charge in [0.25, 0.3) is 0 Å². The summed E-state index contributed by atoms with van der Waals surface area (Å²) in [6.45, 7) is 18.7. The molecule has 0 atom stereocenters. The van der Waals surface area contributed by atoms with Crippen LogP contribution in [0.4, 0.5) is 0 Å². The van der Waals surface area contributed by atoms with Gasteiger partial charge < -0.3 is 0 Å². The zero-order valence-electron chi connectivity index (χ0n) is 38.3. The molecular weight excluding hydrogens is 871 g/mol. The zero-order valence-corrected chi connectivity index (χ0v) is 42.4. The fourth-order valence-electron chi connectivity index (χ4n) is 8.42. The van der Waals surface area contributed by atoms with Crippen molar-refractivity contribution in [2.45, 2.75) is 111 Å². The molecule has 3 heteroatoms. The normalized spacial score (nSPS) is 11.9. The molecule has 0 radical (unpaired) electrons. The summed E-state index contributed by atoms with van der Waals surface area (Å²) in [4.78, 5) is 0. The van der Waals surface area contributed by atoms with Crippen LogP contribution in [0.5, 0.6) is 0 Å². The quantitative estimate of drug-likeness (QED) is 0.120. The van der Waals surface area contributed by atoms with Crippen LogP contribution >= 0.6 is 24.8 Å². The average Bonchev–Trinajstić information content (AvgIpc) is 3.93. The number of halogens is 2. The first kappa shape index (κ1) is 50.6. The molecule has 62 heavy (non-hydrogen) atoms. The van der Waals surface area contributed by atoms with Crippen molar-refractivity contribution in [2.24, 2.45) is 0 Å². The monoisotopic (exact) mass is 934 g/mol. The molecule has 0 aliphatic heterocycles. The maximum atomic E-state index is 2.99. The van der Waals surface area contributed by atoms with Crippen LogP contribution in [-0.4, -0.2) is 3.21 Å². The summed E-state index contributed by atoms with van der Waals surface area (Å²) in [6, 6.07) is 51.8. The molecule has 8 rings (SSSR count). The Labute approximate surface area is 401 Å². The first-order valence-corrected chi connectivity index (χ1v) is 23.3. The van der Waals surface area contributed by atoms with Gasteiger partial charge in [-0.05, 0) is 68.2 Å². The second-order valence-corrected chi connectivity index (χ2v) is 20.1. The molecule has 0 saturated heterocycles. The predicted molar refractivity (Wildman–Crippen MR) is 275 cm³/mol. The van der Waals surface area contributed by atoms with E-state index in [4.69, 9.17) is 0 Å². The number of hydrogen-bond acceptors (Lipinski definition) is 0. The first-order valence-electron chi connectivity index (χ1n) is 22.1. The molecule has 0 saturated carbocycles. The van der Waals surface area contributed by atoms with Gasteiger partial charge in [0, 0.05) is 0 Å². The van der Waals surface area contributed by atoms with Gasteiger partial charge in [-0.3, -0.25) is 6.08 Å². The minimum atomic E-state index is 0. The van der Waals surface area contributed by atoms with Gasteiger partial charge in [0.1, 0.15) is 0 Å². The molecular formula is C59H66Cl2Zr. The third-order valence-electron chi connectivity index (χ3n) is 11.4. The van der Waals surface area contributed by atoms with Gasteiger partial charge in [-0.2, -0.15) is 6.08 Å². The second kappa shape index (κ2) is 23.6.